The molecule has 0 fully saturated rings. The molecule has 1 aliphatic rings. The molecule has 1 atom stereocenters. The standard InChI is InChI=1S/C5H12N4O/c1-4(2)9-5(10-3)6-7-8-9/h4-5H,1-3H3,(H,6,8). The van der Waals surface area contributed by atoms with Crippen molar-refractivity contribution < 1.29 is 4.74 Å². The van der Waals surface area contributed by atoms with Crippen LogP contribution < -0.4 is 5.53 Å². The van der Waals surface area contributed by atoms with E-state index in [1.807, 2.05) is 18.9 Å². The first-order valence-electron chi connectivity index (χ1n) is 3.22. The zero-order chi connectivity index (χ0) is 7.56. The van der Waals surface area contributed by atoms with Crippen LogP contribution in [0.15, 0.2) is 10.3 Å². The summed E-state index contributed by atoms with van der Waals surface area (Å²) in [6, 6.07) is 0.333. The van der Waals surface area contributed by atoms with Crippen LogP contribution in [0.1, 0.15) is 13.8 Å². The summed E-state index contributed by atoms with van der Waals surface area (Å²) >= 11 is 0. The number of nitrogens with one attached hydrogen (secondary N) is 1. The maximum Gasteiger partial charge on any atom is 0.246 e. The Morgan fingerprint density at radius 1 is 1.60 bits per heavy atom. The lowest BCUT2D eigenvalue weighted by atomic mass is 10.4. The number of rotatable bonds is 2. The lowest BCUT2D eigenvalue weighted by Gasteiger charge is -2.22. The van der Waals surface area contributed by atoms with Gasteiger partial charge in [-0.25, -0.2) is 5.53 Å². The van der Waals surface area contributed by atoms with Gasteiger partial charge in [-0.3, -0.25) is 0 Å². The van der Waals surface area contributed by atoms with Gasteiger partial charge in [-0.05, 0) is 13.8 Å². The highest BCUT2D eigenvalue weighted by Crippen LogP contribution is 2.09. The molecular formula is C5H12N4O. The van der Waals surface area contributed by atoms with Gasteiger partial charge in [-0.15, -0.1) is 5.11 Å². The highest BCUT2D eigenvalue weighted by atomic mass is 16.5. The Labute approximate surface area is 60.0 Å². The van der Waals surface area contributed by atoms with Crippen LogP contribution in [0.25, 0.3) is 0 Å². The maximum absolute atomic E-state index is 4.99. The Morgan fingerprint density at radius 2 is 2.30 bits per heavy atom. The molecule has 0 aromatic rings. The van der Waals surface area contributed by atoms with Crippen LogP contribution in [0.5, 0.6) is 0 Å². The quantitative estimate of drug-likeness (QED) is 0.614. The summed E-state index contributed by atoms with van der Waals surface area (Å²) in [5.74, 6) is 0. The first-order chi connectivity index (χ1) is 4.75. The van der Waals surface area contributed by atoms with Gasteiger partial charge in [0.15, 0.2) is 0 Å². The van der Waals surface area contributed by atoms with E-state index in [-0.39, 0.29) is 6.35 Å². The fourth-order valence-corrected chi connectivity index (χ4v) is 0.763. The number of hydrogen-bond donors (Lipinski definition) is 1. The minimum absolute atomic E-state index is 0.264. The molecule has 10 heavy (non-hydrogen) atoms. The number of hydrogen-bond acceptors (Lipinski definition) is 5. The number of methoxy groups -OCH3 is 1. The first kappa shape index (κ1) is 7.43. The van der Waals surface area contributed by atoms with Crippen LogP contribution in [-0.2, 0) is 4.74 Å². The Morgan fingerprint density at radius 3 is 2.70 bits per heavy atom. The molecule has 0 aromatic carbocycles. The molecule has 0 bridgehead atoms. The number of ether oxygens (including phenoxy) is 1. The molecule has 0 spiro atoms. The molecule has 0 radical (unpaired) electrons. The summed E-state index contributed by atoms with van der Waals surface area (Å²) in [7, 11) is 1.60. The van der Waals surface area contributed by atoms with Crippen molar-refractivity contribution in [3.8, 4) is 0 Å². The Balaban J connectivity index is 2.47. The highest BCUT2D eigenvalue weighted by molar-refractivity contribution is 4.61. The van der Waals surface area contributed by atoms with E-state index in [0.29, 0.717) is 6.04 Å². The van der Waals surface area contributed by atoms with Crippen molar-refractivity contribution in [3.05, 3.63) is 0 Å². The predicted octanol–water partition coefficient (Wildman–Crippen LogP) is 0.512. The molecule has 58 valence electrons. The predicted molar refractivity (Wildman–Crippen MR) is 35.8 cm³/mol. The van der Waals surface area contributed by atoms with E-state index < -0.39 is 0 Å². The number of hydrazine groups is 1. The molecule has 5 heteroatoms. The molecule has 0 aromatic heterocycles. The van der Waals surface area contributed by atoms with Crippen molar-refractivity contribution >= 4 is 0 Å². The van der Waals surface area contributed by atoms with Crippen LogP contribution in [0, 0.1) is 0 Å². The molecule has 1 unspecified atom stereocenters. The van der Waals surface area contributed by atoms with E-state index in [1.54, 1.807) is 7.11 Å². The van der Waals surface area contributed by atoms with E-state index >= 15 is 0 Å². The third-order valence-electron chi connectivity index (χ3n) is 1.32. The Bertz CT molecular complexity index is 136. The highest BCUT2D eigenvalue weighted by Gasteiger charge is 2.23. The minimum Gasteiger partial charge on any atom is -0.344 e. The van der Waals surface area contributed by atoms with Crippen LogP contribution in [0.3, 0.4) is 0 Å². The zero-order valence-corrected chi connectivity index (χ0v) is 6.40. The van der Waals surface area contributed by atoms with E-state index in [0.717, 1.165) is 0 Å². The van der Waals surface area contributed by atoms with E-state index in [4.69, 9.17) is 4.74 Å². The van der Waals surface area contributed by atoms with Gasteiger partial charge in [0.2, 0.25) is 6.35 Å². The van der Waals surface area contributed by atoms with Gasteiger partial charge >= 0.3 is 0 Å². The molecule has 1 rings (SSSR count). The molecule has 0 saturated carbocycles. The summed E-state index contributed by atoms with van der Waals surface area (Å²) in [5, 5.41) is 9.21. The van der Waals surface area contributed by atoms with Crippen molar-refractivity contribution in [2.24, 2.45) is 10.3 Å². The molecule has 0 amide bonds. The molecule has 1 aliphatic heterocycles. The summed E-state index contributed by atoms with van der Waals surface area (Å²) < 4.78 is 4.99. The van der Waals surface area contributed by atoms with Crippen LogP contribution >= 0.6 is 0 Å². The second kappa shape index (κ2) is 2.94. The molecular weight excluding hydrogens is 132 g/mol. The van der Waals surface area contributed by atoms with Gasteiger partial charge in [0.1, 0.15) is 0 Å². The lowest BCUT2D eigenvalue weighted by Crippen LogP contribution is -2.43. The second-order valence-corrected chi connectivity index (χ2v) is 2.38. The average Bonchev–Trinajstić information content (AvgIpc) is 2.33. The van der Waals surface area contributed by atoms with Gasteiger partial charge in [-0.1, -0.05) is 5.22 Å². The number of nitrogens with zero attached hydrogens (tertiary/aromatic N) is 3. The van der Waals surface area contributed by atoms with Crippen LogP contribution in [0.4, 0.5) is 0 Å². The van der Waals surface area contributed by atoms with Gasteiger partial charge in [0.05, 0.1) is 0 Å². The van der Waals surface area contributed by atoms with Gasteiger partial charge < -0.3 is 4.74 Å². The molecule has 0 saturated heterocycles. The topological polar surface area (TPSA) is 49.2 Å². The minimum atomic E-state index is -0.264. The molecule has 0 aliphatic carbocycles. The van der Waals surface area contributed by atoms with Crippen molar-refractivity contribution in [3.63, 3.8) is 0 Å². The Kier molecular flexibility index (Phi) is 2.18. The zero-order valence-electron chi connectivity index (χ0n) is 6.40. The molecule has 5 nitrogen and oxygen atoms in total. The summed E-state index contributed by atoms with van der Waals surface area (Å²) in [6.07, 6.45) is -0.264. The van der Waals surface area contributed by atoms with Gasteiger partial charge in [-0.2, -0.15) is 5.01 Å². The smallest absolute Gasteiger partial charge is 0.246 e. The van der Waals surface area contributed by atoms with Crippen molar-refractivity contribution in [2.45, 2.75) is 26.2 Å². The van der Waals surface area contributed by atoms with Crippen LogP contribution in [0.2, 0.25) is 0 Å². The van der Waals surface area contributed by atoms with Crippen molar-refractivity contribution in [1.82, 2.24) is 10.5 Å². The second-order valence-electron chi connectivity index (χ2n) is 2.38. The summed E-state index contributed by atoms with van der Waals surface area (Å²) in [5.41, 5.74) is 2.72. The summed E-state index contributed by atoms with van der Waals surface area (Å²) in [4.78, 5) is 0. The molecule has 1 heterocycles. The maximum atomic E-state index is 4.99. The van der Waals surface area contributed by atoms with Crippen molar-refractivity contribution in [1.29, 1.82) is 0 Å². The normalized spacial score (nSPS) is 25.8. The third kappa shape index (κ3) is 1.25. The fourth-order valence-electron chi connectivity index (χ4n) is 0.763. The van der Waals surface area contributed by atoms with Gasteiger partial charge in [0.25, 0.3) is 0 Å². The van der Waals surface area contributed by atoms with Gasteiger partial charge in [0, 0.05) is 13.2 Å². The van der Waals surface area contributed by atoms with E-state index in [9.17, 15) is 0 Å². The van der Waals surface area contributed by atoms with E-state index in [1.165, 1.54) is 0 Å². The first-order valence-corrected chi connectivity index (χ1v) is 3.22. The largest absolute Gasteiger partial charge is 0.344 e. The monoisotopic (exact) mass is 144 g/mol. The average molecular weight is 144 g/mol. The van der Waals surface area contributed by atoms with E-state index in [2.05, 4.69) is 15.9 Å². The summed E-state index contributed by atoms with van der Waals surface area (Å²) in [6.45, 7) is 4.07. The fraction of sp³-hybridized carbons (Fsp3) is 1.00. The lowest BCUT2D eigenvalue weighted by molar-refractivity contribution is -0.0482. The SMILES string of the molecule is COC1N=NNN1C(C)C. The van der Waals surface area contributed by atoms with Crippen LogP contribution in [-0.4, -0.2) is 24.5 Å². The molecule has 1 N–H and O–H groups in total. The third-order valence-corrected chi connectivity index (χ3v) is 1.32. The van der Waals surface area contributed by atoms with Crippen molar-refractivity contribution in [2.75, 3.05) is 7.11 Å². The Hall–Kier alpha value is -0.680.